The average Bonchev–Trinajstić information content (AvgIpc) is 2.85. The Balaban J connectivity index is 1.84. The predicted molar refractivity (Wildman–Crippen MR) is 84.5 cm³/mol. The molecule has 0 aliphatic heterocycles. The summed E-state index contributed by atoms with van der Waals surface area (Å²) in [6.45, 7) is 0. The van der Waals surface area contributed by atoms with Crippen molar-refractivity contribution in [3.8, 4) is 5.75 Å². The van der Waals surface area contributed by atoms with Crippen LogP contribution in [0.2, 0.25) is 0 Å². The number of hydrogen-bond acceptors (Lipinski definition) is 4. The number of ether oxygens (including phenoxy) is 1. The van der Waals surface area contributed by atoms with Gasteiger partial charge in [0.15, 0.2) is 0 Å². The minimum atomic E-state index is -0.151. The maximum absolute atomic E-state index is 11.7. The number of hydrogen-bond donors (Lipinski definition) is 1. The number of methoxy groups -OCH3 is 1. The fourth-order valence-corrected chi connectivity index (χ4v) is 2.83. The second-order valence-corrected chi connectivity index (χ2v) is 6.45. The van der Waals surface area contributed by atoms with Gasteiger partial charge in [0.1, 0.15) is 5.75 Å². The van der Waals surface area contributed by atoms with Crippen LogP contribution in [0, 0.1) is 0 Å². The van der Waals surface area contributed by atoms with Crippen molar-refractivity contribution in [1.29, 1.82) is 0 Å². The summed E-state index contributed by atoms with van der Waals surface area (Å²) in [7, 11) is 1.61. The molecule has 6 heteroatoms. The van der Waals surface area contributed by atoms with Crippen LogP contribution >= 0.6 is 27.3 Å². The molecule has 2 rings (SSSR count). The molecule has 0 unspecified atom stereocenters. The fraction of sp³-hybridized carbons (Fsp3) is 0.143. The first kappa shape index (κ1) is 14.7. The molecular formula is C14H13BrN2O2S. The van der Waals surface area contributed by atoms with Crippen molar-refractivity contribution in [3.05, 3.63) is 50.6 Å². The van der Waals surface area contributed by atoms with Gasteiger partial charge < -0.3 is 4.74 Å². The number of nitrogens with zero attached hydrogens (tertiary/aromatic N) is 1. The smallest absolute Gasteiger partial charge is 0.244 e. The van der Waals surface area contributed by atoms with Crippen LogP contribution in [0.4, 0.5) is 0 Å². The highest BCUT2D eigenvalue weighted by atomic mass is 79.9. The van der Waals surface area contributed by atoms with Crippen molar-refractivity contribution in [3.63, 3.8) is 0 Å². The zero-order valence-corrected chi connectivity index (χ0v) is 13.2. The molecule has 0 bridgehead atoms. The molecule has 1 aromatic carbocycles. The van der Waals surface area contributed by atoms with Gasteiger partial charge in [-0.05, 0) is 45.8 Å². The Kier molecular flexibility index (Phi) is 5.31. The number of carbonyl (C=O) groups is 1. The van der Waals surface area contributed by atoms with E-state index in [1.165, 1.54) is 0 Å². The van der Waals surface area contributed by atoms with E-state index < -0.39 is 0 Å². The Hall–Kier alpha value is -1.66. The third kappa shape index (κ3) is 4.47. The quantitative estimate of drug-likeness (QED) is 0.663. The standard InChI is InChI=1S/C14H13BrN2O2S/c1-19-11-4-2-10(3-5-11)8-14(18)17-16-9-12-6-7-13(15)20-12/h2-7,9H,8H2,1H3,(H,17,18)/b16-9-. The summed E-state index contributed by atoms with van der Waals surface area (Å²) in [5, 5.41) is 3.93. The third-order valence-corrected chi connectivity index (χ3v) is 4.06. The fourth-order valence-electron chi connectivity index (χ4n) is 1.53. The van der Waals surface area contributed by atoms with Gasteiger partial charge >= 0.3 is 0 Å². The molecule has 1 heterocycles. The van der Waals surface area contributed by atoms with Crippen molar-refractivity contribution in [1.82, 2.24) is 5.43 Å². The maximum Gasteiger partial charge on any atom is 0.244 e. The molecule has 104 valence electrons. The van der Waals surface area contributed by atoms with Crippen LogP contribution in [-0.4, -0.2) is 19.2 Å². The van der Waals surface area contributed by atoms with E-state index in [-0.39, 0.29) is 12.3 Å². The molecule has 1 N–H and O–H groups in total. The van der Waals surface area contributed by atoms with Gasteiger partial charge in [0.05, 0.1) is 23.5 Å². The first-order chi connectivity index (χ1) is 9.67. The molecule has 0 saturated heterocycles. The summed E-state index contributed by atoms with van der Waals surface area (Å²) >= 11 is 4.92. The number of halogens is 1. The molecule has 20 heavy (non-hydrogen) atoms. The van der Waals surface area contributed by atoms with Gasteiger partial charge in [-0.15, -0.1) is 11.3 Å². The molecule has 0 fully saturated rings. The van der Waals surface area contributed by atoms with Gasteiger partial charge in [-0.1, -0.05) is 12.1 Å². The van der Waals surface area contributed by atoms with Crippen molar-refractivity contribution in [2.75, 3.05) is 7.11 Å². The van der Waals surface area contributed by atoms with E-state index in [0.29, 0.717) is 0 Å². The highest BCUT2D eigenvalue weighted by Gasteiger charge is 2.02. The summed E-state index contributed by atoms with van der Waals surface area (Å²) in [6, 6.07) is 11.2. The molecular weight excluding hydrogens is 340 g/mol. The Morgan fingerprint density at radius 3 is 2.70 bits per heavy atom. The lowest BCUT2D eigenvalue weighted by Crippen LogP contribution is -2.19. The number of nitrogens with one attached hydrogen (secondary N) is 1. The van der Waals surface area contributed by atoms with Crippen LogP contribution in [0.3, 0.4) is 0 Å². The lowest BCUT2D eigenvalue weighted by atomic mass is 10.1. The largest absolute Gasteiger partial charge is 0.497 e. The molecule has 2 aromatic rings. The molecule has 4 nitrogen and oxygen atoms in total. The monoisotopic (exact) mass is 352 g/mol. The topological polar surface area (TPSA) is 50.7 Å². The van der Waals surface area contributed by atoms with E-state index in [9.17, 15) is 4.79 Å². The highest BCUT2D eigenvalue weighted by Crippen LogP contribution is 2.20. The second-order valence-electron chi connectivity index (χ2n) is 3.96. The van der Waals surface area contributed by atoms with Crippen molar-refractivity contribution < 1.29 is 9.53 Å². The molecule has 0 saturated carbocycles. The number of hydrazone groups is 1. The first-order valence-corrected chi connectivity index (χ1v) is 7.48. The minimum Gasteiger partial charge on any atom is -0.497 e. The van der Waals surface area contributed by atoms with Gasteiger partial charge in [0.2, 0.25) is 5.91 Å². The number of rotatable bonds is 5. The third-order valence-electron chi connectivity index (χ3n) is 2.50. The molecule has 1 aromatic heterocycles. The maximum atomic E-state index is 11.7. The van der Waals surface area contributed by atoms with Crippen LogP contribution in [0.15, 0.2) is 45.3 Å². The minimum absolute atomic E-state index is 0.151. The van der Waals surface area contributed by atoms with Gasteiger partial charge in [-0.25, -0.2) is 5.43 Å². The van der Waals surface area contributed by atoms with E-state index in [2.05, 4.69) is 26.5 Å². The number of thiophene rings is 1. The number of carbonyl (C=O) groups excluding carboxylic acids is 1. The van der Waals surface area contributed by atoms with Crippen LogP contribution in [0.25, 0.3) is 0 Å². The van der Waals surface area contributed by atoms with E-state index in [0.717, 1.165) is 20.0 Å². The molecule has 0 atom stereocenters. The Morgan fingerprint density at radius 2 is 2.10 bits per heavy atom. The number of amides is 1. The van der Waals surface area contributed by atoms with Crippen LogP contribution in [0.5, 0.6) is 5.75 Å². The van der Waals surface area contributed by atoms with E-state index in [1.54, 1.807) is 24.7 Å². The van der Waals surface area contributed by atoms with Crippen LogP contribution < -0.4 is 10.2 Å². The normalized spacial score (nSPS) is 10.7. The first-order valence-electron chi connectivity index (χ1n) is 5.87. The van der Waals surface area contributed by atoms with Gasteiger partial charge in [-0.2, -0.15) is 5.10 Å². The summed E-state index contributed by atoms with van der Waals surface area (Å²) in [6.07, 6.45) is 1.91. The van der Waals surface area contributed by atoms with Crippen molar-refractivity contribution in [2.45, 2.75) is 6.42 Å². The van der Waals surface area contributed by atoms with Gasteiger partial charge in [0.25, 0.3) is 0 Å². The molecule has 0 radical (unpaired) electrons. The van der Waals surface area contributed by atoms with Gasteiger partial charge in [-0.3, -0.25) is 4.79 Å². The molecule has 0 aliphatic rings. The van der Waals surface area contributed by atoms with E-state index in [1.807, 2.05) is 36.4 Å². The highest BCUT2D eigenvalue weighted by molar-refractivity contribution is 9.11. The lowest BCUT2D eigenvalue weighted by Gasteiger charge is -2.02. The Labute approximate surface area is 129 Å². The zero-order chi connectivity index (χ0) is 14.4. The molecule has 0 aliphatic carbocycles. The second kappa shape index (κ2) is 7.21. The Morgan fingerprint density at radius 1 is 1.35 bits per heavy atom. The Bertz CT molecular complexity index is 608. The van der Waals surface area contributed by atoms with Crippen molar-refractivity contribution >= 4 is 39.4 Å². The summed E-state index contributed by atoms with van der Waals surface area (Å²) in [4.78, 5) is 12.7. The summed E-state index contributed by atoms with van der Waals surface area (Å²) in [5.74, 6) is 0.623. The summed E-state index contributed by atoms with van der Waals surface area (Å²) in [5.41, 5.74) is 3.42. The van der Waals surface area contributed by atoms with Crippen LogP contribution in [0.1, 0.15) is 10.4 Å². The summed E-state index contributed by atoms with van der Waals surface area (Å²) < 4.78 is 6.09. The SMILES string of the molecule is COc1ccc(CC(=O)N/N=C\c2ccc(Br)s2)cc1. The molecule has 0 spiro atoms. The molecule has 1 amide bonds. The van der Waals surface area contributed by atoms with E-state index >= 15 is 0 Å². The number of benzene rings is 1. The van der Waals surface area contributed by atoms with Gasteiger partial charge in [0, 0.05) is 4.88 Å². The zero-order valence-electron chi connectivity index (χ0n) is 10.8. The van der Waals surface area contributed by atoms with E-state index in [4.69, 9.17) is 4.74 Å². The van der Waals surface area contributed by atoms with Crippen molar-refractivity contribution in [2.24, 2.45) is 5.10 Å². The predicted octanol–water partition coefficient (Wildman–Crippen LogP) is 3.21. The van der Waals surface area contributed by atoms with Crippen LogP contribution in [-0.2, 0) is 11.2 Å². The lowest BCUT2D eigenvalue weighted by molar-refractivity contribution is -0.120. The average molecular weight is 353 g/mol.